The molecule has 0 saturated carbocycles. The SMILES string of the molecule is CN=C(NCc1ccccc1F)NCC1(N2CCCCC2)CCN(C)CC1.I. The highest BCUT2D eigenvalue weighted by Gasteiger charge is 2.39. The van der Waals surface area contributed by atoms with Gasteiger partial charge < -0.3 is 15.5 Å². The van der Waals surface area contributed by atoms with Gasteiger partial charge in [-0.3, -0.25) is 9.89 Å². The first-order valence-electron chi connectivity index (χ1n) is 10.2. The molecule has 2 heterocycles. The number of guanidine groups is 1. The Balaban J connectivity index is 0.00000280. The van der Waals surface area contributed by atoms with E-state index in [0.29, 0.717) is 12.1 Å². The summed E-state index contributed by atoms with van der Waals surface area (Å²) in [5.41, 5.74) is 0.855. The number of hydrogen-bond acceptors (Lipinski definition) is 3. The van der Waals surface area contributed by atoms with E-state index in [2.05, 4.69) is 32.5 Å². The van der Waals surface area contributed by atoms with Gasteiger partial charge in [-0.1, -0.05) is 24.6 Å². The molecule has 2 fully saturated rings. The van der Waals surface area contributed by atoms with E-state index in [-0.39, 0.29) is 35.3 Å². The summed E-state index contributed by atoms with van der Waals surface area (Å²) in [6, 6.07) is 6.88. The maximum Gasteiger partial charge on any atom is 0.191 e. The fourth-order valence-corrected chi connectivity index (χ4v) is 4.30. The second kappa shape index (κ2) is 11.3. The average Bonchev–Trinajstić information content (AvgIpc) is 2.71. The second-order valence-electron chi connectivity index (χ2n) is 7.95. The van der Waals surface area contributed by atoms with Crippen molar-refractivity contribution in [3.8, 4) is 0 Å². The zero-order valence-electron chi connectivity index (χ0n) is 17.2. The van der Waals surface area contributed by atoms with E-state index in [1.807, 2.05) is 12.1 Å². The lowest BCUT2D eigenvalue weighted by Crippen LogP contribution is -2.62. The van der Waals surface area contributed by atoms with Gasteiger partial charge in [-0.05, 0) is 65.0 Å². The summed E-state index contributed by atoms with van der Waals surface area (Å²) < 4.78 is 13.8. The van der Waals surface area contributed by atoms with Crippen molar-refractivity contribution < 1.29 is 4.39 Å². The molecular weight excluding hydrogens is 468 g/mol. The smallest absolute Gasteiger partial charge is 0.191 e. The highest BCUT2D eigenvalue weighted by atomic mass is 127. The molecule has 0 unspecified atom stereocenters. The normalized spacial score (nSPS) is 21.0. The first-order chi connectivity index (χ1) is 13.1. The molecule has 2 aliphatic rings. The number of hydrogen-bond donors (Lipinski definition) is 2. The molecule has 5 nitrogen and oxygen atoms in total. The van der Waals surface area contributed by atoms with Crippen molar-refractivity contribution in [2.24, 2.45) is 4.99 Å². The molecule has 2 aliphatic heterocycles. The van der Waals surface area contributed by atoms with Gasteiger partial charge in [0.15, 0.2) is 5.96 Å². The Hall–Kier alpha value is -0.930. The van der Waals surface area contributed by atoms with Crippen LogP contribution in [0.15, 0.2) is 29.3 Å². The van der Waals surface area contributed by atoms with Crippen LogP contribution in [-0.4, -0.2) is 68.1 Å². The first-order valence-corrected chi connectivity index (χ1v) is 10.2. The highest BCUT2D eigenvalue weighted by Crippen LogP contribution is 2.30. The van der Waals surface area contributed by atoms with E-state index in [1.165, 1.54) is 51.3 Å². The van der Waals surface area contributed by atoms with Crippen LogP contribution in [0, 0.1) is 5.82 Å². The third kappa shape index (κ3) is 6.03. The van der Waals surface area contributed by atoms with Gasteiger partial charge >= 0.3 is 0 Å². The third-order valence-corrected chi connectivity index (χ3v) is 6.16. The zero-order valence-corrected chi connectivity index (χ0v) is 19.5. The molecule has 0 aromatic heterocycles. The molecular formula is C21H35FIN5. The first kappa shape index (κ1) is 23.3. The summed E-state index contributed by atoms with van der Waals surface area (Å²) in [6.45, 7) is 6.00. The van der Waals surface area contributed by atoms with Gasteiger partial charge in [0.05, 0.1) is 0 Å². The molecule has 1 aromatic rings. The number of nitrogens with zero attached hydrogens (tertiary/aromatic N) is 3. The Morgan fingerprint density at radius 1 is 1.07 bits per heavy atom. The van der Waals surface area contributed by atoms with Crippen LogP contribution in [0.2, 0.25) is 0 Å². The molecule has 0 bridgehead atoms. The fourth-order valence-electron chi connectivity index (χ4n) is 4.30. The van der Waals surface area contributed by atoms with Gasteiger partial charge in [-0.15, -0.1) is 24.0 Å². The molecule has 7 heteroatoms. The Kier molecular flexibility index (Phi) is 9.43. The molecule has 28 heavy (non-hydrogen) atoms. The Morgan fingerprint density at radius 3 is 2.39 bits per heavy atom. The van der Waals surface area contributed by atoms with Gasteiger partial charge in [-0.25, -0.2) is 4.39 Å². The zero-order chi connectivity index (χ0) is 19.1. The van der Waals surface area contributed by atoms with Gasteiger partial charge in [0.2, 0.25) is 0 Å². The lowest BCUT2D eigenvalue weighted by atomic mass is 9.84. The molecule has 0 spiro atoms. The summed E-state index contributed by atoms with van der Waals surface area (Å²) in [7, 11) is 3.99. The Bertz CT molecular complexity index is 625. The van der Waals surface area contributed by atoms with Crippen LogP contribution >= 0.6 is 24.0 Å². The summed E-state index contributed by atoms with van der Waals surface area (Å²) >= 11 is 0. The van der Waals surface area contributed by atoms with Crippen molar-refractivity contribution in [1.82, 2.24) is 20.4 Å². The van der Waals surface area contributed by atoms with Gasteiger partial charge in [0.1, 0.15) is 5.82 Å². The molecule has 1 aromatic carbocycles. The van der Waals surface area contributed by atoms with Crippen molar-refractivity contribution in [2.75, 3.05) is 46.8 Å². The number of nitrogens with one attached hydrogen (secondary N) is 2. The van der Waals surface area contributed by atoms with Crippen LogP contribution in [0.25, 0.3) is 0 Å². The summed E-state index contributed by atoms with van der Waals surface area (Å²) in [4.78, 5) is 9.48. The van der Waals surface area contributed by atoms with Crippen molar-refractivity contribution in [3.05, 3.63) is 35.6 Å². The number of likely N-dealkylation sites (tertiary alicyclic amines) is 2. The molecule has 0 amide bonds. The number of benzene rings is 1. The quantitative estimate of drug-likeness (QED) is 0.369. The Labute approximate surface area is 186 Å². The van der Waals surface area contributed by atoms with Crippen LogP contribution in [0.1, 0.15) is 37.7 Å². The van der Waals surface area contributed by atoms with Crippen LogP contribution in [0.3, 0.4) is 0 Å². The summed E-state index contributed by atoms with van der Waals surface area (Å²) in [6.07, 6.45) is 6.32. The van der Waals surface area contributed by atoms with Crippen molar-refractivity contribution in [2.45, 2.75) is 44.2 Å². The average molecular weight is 503 g/mol. The predicted octanol–water partition coefficient (Wildman–Crippen LogP) is 3.06. The summed E-state index contributed by atoms with van der Waals surface area (Å²) in [5.74, 6) is 0.564. The van der Waals surface area contributed by atoms with E-state index in [9.17, 15) is 4.39 Å². The van der Waals surface area contributed by atoms with Gasteiger partial charge in [0.25, 0.3) is 0 Å². The number of piperidine rings is 2. The highest BCUT2D eigenvalue weighted by molar-refractivity contribution is 14.0. The molecule has 0 aliphatic carbocycles. The molecule has 158 valence electrons. The lowest BCUT2D eigenvalue weighted by Gasteiger charge is -2.50. The maximum absolute atomic E-state index is 13.8. The summed E-state index contributed by atoms with van der Waals surface area (Å²) in [5, 5.41) is 6.80. The predicted molar refractivity (Wildman–Crippen MR) is 125 cm³/mol. The standard InChI is InChI=1S/C21H34FN5.HI/c1-23-20(24-16-18-8-4-5-9-19(18)22)25-17-21(10-14-26(2)15-11-21)27-12-6-3-7-13-27;/h4-5,8-9H,3,6-7,10-17H2,1-2H3,(H2,23,24,25);1H. The fraction of sp³-hybridized carbons (Fsp3) is 0.667. The third-order valence-electron chi connectivity index (χ3n) is 6.16. The Morgan fingerprint density at radius 2 is 1.75 bits per heavy atom. The van der Waals surface area contributed by atoms with E-state index in [0.717, 1.165) is 25.6 Å². The lowest BCUT2D eigenvalue weighted by molar-refractivity contribution is 0.0173. The van der Waals surface area contributed by atoms with Crippen LogP contribution in [0.5, 0.6) is 0 Å². The van der Waals surface area contributed by atoms with Gasteiger partial charge in [0, 0.05) is 31.2 Å². The van der Waals surface area contributed by atoms with E-state index < -0.39 is 0 Å². The minimum atomic E-state index is -0.180. The maximum atomic E-state index is 13.8. The molecule has 0 atom stereocenters. The minimum Gasteiger partial charge on any atom is -0.355 e. The largest absolute Gasteiger partial charge is 0.355 e. The van der Waals surface area contributed by atoms with Crippen LogP contribution in [0.4, 0.5) is 4.39 Å². The van der Waals surface area contributed by atoms with Crippen LogP contribution < -0.4 is 10.6 Å². The van der Waals surface area contributed by atoms with Crippen molar-refractivity contribution in [3.63, 3.8) is 0 Å². The number of rotatable bonds is 5. The molecule has 2 saturated heterocycles. The van der Waals surface area contributed by atoms with E-state index >= 15 is 0 Å². The van der Waals surface area contributed by atoms with E-state index in [4.69, 9.17) is 0 Å². The van der Waals surface area contributed by atoms with Crippen molar-refractivity contribution >= 4 is 29.9 Å². The van der Waals surface area contributed by atoms with Crippen LogP contribution in [-0.2, 0) is 6.54 Å². The number of aliphatic imine (C=N–C) groups is 1. The second-order valence-corrected chi connectivity index (χ2v) is 7.95. The van der Waals surface area contributed by atoms with Crippen molar-refractivity contribution in [1.29, 1.82) is 0 Å². The molecule has 3 rings (SSSR count). The molecule has 0 radical (unpaired) electrons. The minimum absolute atomic E-state index is 0. The topological polar surface area (TPSA) is 42.9 Å². The number of halogens is 2. The molecule has 2 N–H and O–H groups in total. The monoisotopic (exact) mass is 503 g/mol. The van der Waals surface area contributed by atoms with Gasteiger partial charge in [-0.2, -0.15) is 0 Å². The van der Waals surface area contributed by atoms with E-state index in [1.54, 1.807) is 13.1 Å².